The van der Waals surface area contributed by atoms with Gasteiger partial charge >= 0.3 is 5.97 Å². The molecule has 0 fully saturated rings. The van der Waals surface area contributed by atoms with Crippen LogP contribution in [0, 0.1) is 6.92 Å². The minimum absolute atomic E-state index is 0.0312. The van der Waals surface area contributed by atoms with Crippen molar-refractivity contribution in [2.75, 3.05) is 0 Å². The molecule has 2 N–H and O–H groups in total. The number of hydrogen-bond acceptors (Lipinski definition) is 5. The van der Waals surface area contributed by atoms with Gasteiger partial charge in [-0.25, -0.2) is 13.4 Å². The number of sulfonamides is 1. The van der Waals surface area contributed by atoms with Crippen LogP contribution in [0.15, 0.2) is 51.8 Å². The van der Waals surface area contributed by atoms with Gasteiger partial charge in [0.1, 0.15) is 11.6 Å². The Labute approximate surface area is 144 Å². The molecule has 1 atom stereocenters. The largest absolute Gasteiger partial charge is 0.480 e. The van der Waals surface area contributed by atoms with Gasteiger partial charge in [0.05, 0.1) is 4.90 Å². The molecule has 25 heavy (non-hydrogen) atoms. The molecule has 1 aromatic heterocycles. The van der Waals surface area contributed by atoms with Crippen LogP contribution in [0.4, 0.5) is 0 Å². The average molecular weight is 360 g/mol. The van der Waals surface area contributed by atoms with Gasteiger partial charge in [-0.05, 0) is 55.8 Å². The Balaban J connectivity index is 1.89. The molecular weight excluding hydrogens is 344 g/mol. The van der Waals surface area contributed by atoms with Crippen LogP contribution in [0.5, 0.6) is 0 Å². The highest BCUT2D eigenvalue weighted by Gasteiger charge is 2.21. The van der Waals surface area contributed by atoms with Crippen molar-refractivity contribution >= 4 is 27.1 Å². The Bertz CT molecular complexity index is 1040. The Kier molecular flexibility index (Phi) is 4.32. The van der Waals surface area contributed by atoms with Crippen LogP contribution in [-0.2, 0) is 14.8 Å². The number of oxazole rings is 1. The molecule has 0 amide bonds. The van der Waals surface area contributed by atoms with E-state index in [2.05, 4.69) is 9.71 Å². The summed E-state index contributed by atoms with van der Waals surface area (Å²) in [6.07, 6.45) is 0. The number of nitrogens with zero attached hydrogens (tertiary/aromatic N) is 1. The minimum atomic E-state index is -3.92. The van der Waals surface area contributed by atoms with Crippen LogP contribution >= 0.6 is 0 Å². The molecule has 2 aromatic carbocycles. The SMILES string of the molecule is Cc1ccc2oc(-c3ccc(S(=O)(=O)N[C@@H](C)C(=O)O)cc3)nc2c1. The molecule has 0 bridgehead atoms. The number of aryl methyl sites for hydroxylation is 1. The Hall–Kier alpha value is -2.71. The van der Waals surface area contributed by atoms with Crippen molar-refractivity contribution in [2.45, 2.75) is 24.8 Å². The first-order chi connectivity index (χ1) is 11.8. The molecule has 3 rings (SSSR count). The van der Waals surface area contributed by atoms with Crippen LogP contribution < -0.4 is 4.72 Å². The second-order valence-electron chi connectivity index (χ2n) is 5.70. The second kappa shape index (κ2) is 6.30. The number of benzene rings is 2. The molecule has 0 aliphatic heterocycles. The number of carboxylic acid groups (broad SMARTS) is 1. The predicted octanol–water partition coefficient (Wildman–Crippen LogP) is 2.55. The number of carbonyl (C=O) groups is 1. The average Bonchev–Trinajstić information content (AvgIpc) is 2.97. The smallest absolute Gasteiger partial charge is 0.321 e. The first kappa shape index (κ1) is 17.1. The first-order valence-corrected chi connectivity index (χ1v) is 8.97. The summed E-state index contributed by atoms with van der Waals surface area (Å²) >= 11 is 0. The van der Waals surface area contributed by atoms with Gasteiger partial charge in [0.15, 0.2) is 5.58 Å². The monoisotopic (exact) mass is 360 g/mol. The molecule has 0 spiro atoms. The van der Waals surface area contributed by atoms with E-state index >= 15 is 0 Å². The summed E-state index contributed by atoms with van der Waals surface area (Å²) in [6.45, 7) is 3.22. The predicted molar refractivity (Wildman–Crippen MR) is 91.6 cm³/mol. The van der Waals surface area contributed by atoms with Crippen molar-refractivity contribution in [2.24, 2.45) is 0 Å². The maximum absolute atomic E-state index is 12.2. The van der Waals surface area contributed by atoms with E-state index in [0.717, 1.165) is 11.1 Å². The van der Waals surface area contributed by atoms with Crippen molar-refractivity contribution in [3.05, 3.63) is 48.0 Å². The van der Waals surface area contributed by atoms with E-state index in [1.807, 2.05) is 25.1 Å². The van der Waals surface area contributed by atoms with Gasteiger partial charge in [-0.1, -0.05) is 6.07 Å². The topological polar surface area (TPSA) is 110 Å². The highest BCUT2D eigenvalue weighted by atomic mass is 32.2. The van der Waals surface area contributed by atoms with Crippen molar-refractivity contribution in [1.29, 1.82) is 0 Å². The van der Waals surface area contributed by atoms with E-state index in [0.29, 0.717) is 17.0 Å². The lowest BCUT2D eigenvalue weighted by molar-refractivity contribution is -0.138. The molecule has 0 aliphatic rings. The van der Waals surface area contributed by atoms with E-state index in [-0.39, 0.29) is 4.90 Å². The zero-order chi connectivity index (χ0) is 18.2. The second-order valence-corrected chi connectivity index (χ2v) is 7.41. The molecule has 7 nitrogen and oxygen atoms in total. The summed E-state index contributed by atoms with van der Waals surface area (Å²) in [5.41, 5.74) is 3.06. The van der Waals surface area contributed by atoms with Crippen LogP contribution in [-0.4, -0.2) is 30.5 Å². The number of aliphatic carboxylic acids is 1. The standard InChI is InChI=1S/C17H16N2O5S/c1-10-3-8-15-14(9-10)18-16(24-15)12-4-6-13(7-5-12)25(22,23)19-11(2)17(20)21/h3-9,11,19H,1-2H3,(H,20,21)/t11-/m0/s1. The van der Waals surface area contributed by atoms with Crippen LogP contribution in [0.2, 0.25) is 0 Å². The third-order valence-corrected chi connectivity index (χ3v) is 5.21. The highest BCUT2D eigenvalue weighted by Crippen LogP contribution is 2.25. The Morgan fingerprint density at radius 1 is 1.20 bits per heavy atom. The van der Waals surface area contributed by atoms with Crippen molar-refractivity contribution in [3.63, 3.8) is 0 Å². The molecule has 130 valence electrons. The van der Waals surface area contributed by atoms with Crippen LogP contribution in [0.1, 0.15) is 12.5 Å². The summed E-state index contributed by atoms with van der Waals surface area (Å²) in [7, 11) is -3.92. The van der Waals surface area contributed by atoms with Crippen LogP contribution in [0.3, 0.4) is 0 Å². The maximum atomic E-state index is 12.2. The quantitative estimate of drug-likeness (QED) is 0.724. The summed E-state index contributed by atoms with van der Waals surface area (Å²) in [5.74, 6) is -0.863. The zero-order valence-corrected chi connectivity index (χ0v) is 14.4. The van der Waals surface area contributed by atoms with Crippen LogP contribution in [0.25, 0.3) is 22.6 Å². The molecule has 1 heterocycles. The fourth-order valence-electron chi connectivity index (χ4n) is 2.29. The molecule has 0 saturated carbocycles. The van der Waals surface area contributed by atoms with Crippen molar-refractivity contribution in [1.82, 2.24) is 9.71 Å². The lowest BCUT2D eigenvalue weighted by atomic mass is 10.2. The van der Waals surface area contributed by atoms with Gasteiger partial charge in [-0.2, -0.15) is 4.72 Å². The first-order valence-electron chi connectivity index (χ1n) is 7.49. The van der Waals surface area contributed by atoms with Gasteiger partial charge in [0, 0.05) is 5.56 Å². The summed E-state index contributed by atoms with van der Waals surface area (Å²) in [5, 5.41) is 8.83. The third-order valence-electron chi connectivity index (χ3n) is 3.66. The molecule has 0 radical (unpaired) electrons. The van der Waals surface area contributed by atoms with Gasteiger partial charge < -0.3 is 9.52 Å². The van der Waals surface area contributed by atoms with Crippen molar-refractivity contribution in [3.8, 4) is 11.5 Å². The fraction of sp³-hybridized carbons (Fsp3) is 0.176. The Morgan fingerprint density at radius 2 is 1.88 bits per heavy atom. The normalized spacial score (nSPS) is 13.0. The minimum Gasteiger partial charge on any atom is -0.480 e. The maximum Gasteiger partial charge on any atom is 0.321 e. The molecule has 0 unspecified atom stereocenters. The van der Waals surface area contributed by atoms with E-state index in [9.17, 15) is 13.2 Å². The zero-order valence-electron chi connectivity index (χ0n) is 13.6. The summed E-state index contributed by atoms with van der Waals surface area (Å²) < 4.78 is 32.1. The Morgan fingerprint density at radius 3 is 2.52 bits per heavy atom. The number of hydrogen-bond donors (Lipinski definition) is 2. The number of rotatable bonds is 5. The number of nitrogens with one attached hydrogen (secondary N) is 1. The molecule has 0 saturated heterocycles. The lowest BCUT2D eigenvalue weighted by Crippen LogP contribution is -2.38. The van der Waals surface area contributed by atoms with E-state index in [1.54, 1.807) is 12.1 Å². The third kappa shape index (κ3) is 3.54. The molecule has 3 aromatic rings. The van der Waals surface area contributed by atoms with Crippen molar-refractivity contribution < 1.29 is 22.7 Å². The molecule has 8 heteroatoms. The van der Waals surface area contributed by atoms with Gasteiger partial charge in [0.25, 0.3) is 0 Å². The molecule has 0 aliphatic carbocycles. The van der Waals surface area contributed by atoms with Gasteiger partial charge in [-0.15, -0.1) is 0 Å². The fourth-order valence-corrected chi connectivity index (χ4v) is 3.49. The summed E-state index contributed by atoms with van der Waals surface area (Å²) in [4.78, 5) is 15.2. The molecular formula is C17H16N2O5S. The van der Waals surface area contributed by atoms with E-state index in [4.69, 9.17) is 9.52 Å². The lowest BCUT2D eigenvalue weighted by Gasteiger charge is -2.10. The van der Waals surface area contributed by atoms with Gasteiger partial charge in [-0.3, -0.25) is 4.79 Å². The van der Waals surface area contributed by atoms with E-state index in [1.165, 1.54) is 19.1 Å². The highest BCUT2D eigenvalue weighted by molar-refractivity contribution is 7.89. The summed E-state index contributed by atoms with van der Waals surface area (Å²) in [6, 6.07) is 10.3. The number of fused-ring (bicyclic) bond motifs is 1. The number of aromatic nitrogens is 1. The van der Waals surface area contributed by atoms with Gasteiger partial charge in [0.2, 0.25) is 15.9 Å². The number of carboxylic acids is 1. The van der Waals surface area contributed by atoms with E-state index < -0.39 is 22.0 Å².